The molecule has 2 heterocycles. The smallest absolute Gasteiger partial charge is 0.312 e. The summed E-state index contributed by atoms with van der Waals surface area (Å²) in [6.45, 7) is 7.95. The molecular weight excluding hydrogens is 467 g/mol. The van der Waals surface area contributed by atoms with E-state index in [2.05, 4.69) is 27.2 Å². The SMILES string of the molecule is C=C(Cl)/C=C\C(=C/C(C)C(F)(F)F)NC(=O)N/C(C)=C/C=C(\C=C/C)n1cnc2ccncc21. The molecule has 2 rings (SSSR count). The maximum atomic E-state index is 12.9. The summed E-state index contributed by atoms with van der Waals surface area (Å²) < 4.78 is 40.7. The molecule has 0 saturated heterocycles. The molecular formula is C24H25ClF3N5O. The lowest BCUT2D eigenvalue weighted by Gasteiger charge is -2.14. The number of carbonyl (C=O) groups is 1. The average molecular weight is 492 g/mol. The number of imidazole rings is 1. The third kappa shape index (κ3) is 8.08. The number of hydrogen-bond donors (Lipinski definition) is 2. The van der Waals surface area contributed by atoms with Gasteiger partial charge in [-0.3, -0.25) is 9.55 Å². The molecule has 1 atom stereocenters. The molecule has 0 aromatic carbocycles. The Morgan fingerprint density at radius 1 is 1.24 bits per heavy atom. The number of halogens is 4. The number of allylic oxidation sites excluding steroid dienone is 10. The molecule has 0 aliphatic carbocycles. The highest BCUT2D eigenvalue weighted by atomic mass is 35.5. The summed E-state index contributed by atoms with van der Waals surface area (Å²) >= 11 is 5.65. The monoisotopic (exact) mass is 491 g/mol. The summed E-state index contributed by atoms with van der Waals surface area (Å²) in [6.07, 6.45) is 11.1. The summed E-state index contributed by atoms with van der Waals surface area (Å²) in [5.74, 6) is -1.78. The van der Waals surface area contributed by atoms with Gasteiger partial charge in [0.05, 0.1) is 23.1 Å². The second kappa shape index (κ2) is 12.0. The molecule has 180 valence electrons. The zero-order valence-electron chi connectivity index (χ0n) is 18.9. The number of urea groups is 1. The van der Waals surface area contributed by atoms with Crippen molar-refractivity contribution < 1.29 is 18.0 Å². The Hall–Kier alpha value is -3.59. The summed E-state index contributed by atoms with van der Waals surface area (Å²) in [5.41, 5.74) is 2.74. The van der Waals surface area contributed by atoms with Crippen LogP contribution in [0.2, 0.25) is 0 Å². The van der Waals surface area contributed by atoms with Gasteiger partial charge in [-0.1, -0.05) is 31.2 Å². The first-order chi connectivity index (χ1) is 16.0. The van der Waals surface area contributed by atoms with Crippen LogP contribution >= 0.6 is 11.6 Å². The standard InChI is InChI=1S/C24H25ClF3N5O/c1-5-6-20(33-15-30-21-11-12-29-14-22(21)33)10-8-18(4)31-23(34)32-19(9-7-17(3)25)13-16(2)24(26,27)28/h5-16H,3H2,1-2,4H3,(H2,31,32,34)/b6-5-,9-7-,18-8+,19-13+,20-10+. The van der Waals surface area contributed by atoms with E-state index in [1.54, 1.807) is 43.9 Å². The van der Waals surface area contributed by atoms with Crippen molar-refractivity contribution in [2.75, 3.05) is 0 Å². The summed E-state index contributed by atoms with van der Waals surface area (Å²) in [7, 11) is 0. The van der Waals surface area contributed by atoms with Crippen molar-refractivity contribution in [3.8, 4) is 0 Å². The molecule has 0 aliphatic heterocycles. The molecule has 2 aromatic heterocycles. The van der Waals surface area contributed by atoms with E-state index in [0.29, 0.717) is 5.70 Å². The van der Waals surface area contributed by atoms with Crippen molar-refractivity contribution in [2.45, 2.75) is 26.9 Å². The third-order valence-electron chi connectivity index (χ3n) is 4.43. The number of amides is 2. The minimum Gasteiger partial charge on any atom is -0.312 e. The second-order valence-electron chi connectivity index (χ2n) is 7.23. The maximum absolute atomic E-state index is 12.9. The Labute approximate surface area is 200 Å². The highest BCUT2D eigenvalue weighted by molar-refractivity contribution is 6.30. The van der Waals surface area contributed by atoms with Crippen LogP contribution in [-0.2, 0) is 0 Å². The lowest BCUT2D eigenvalue weighted by Crippen LogP contribution is -2.34. The number of rotatable bonds is 8. The fourth-order valence-corrected chi connectivity index (χ4v) is 2.79. The van der Waals surface area contributed by atoms with Crippen molar-refractivity contribution >= 4 is 34.4 Å². The molecule has 2 amide bonds. The number of aromatic nitrogens is 3. The molecule has 0 aliphatic rings. The second-order valence-corrected chi connectivity index (χ2v) is 7.72. The number of nitrogens with one attached hydrogen (secondary N) is 2. The van der Waals surface area contributed by atoms with E-state index in [0.717, 1.165) is 29.7 Å². The number of pyridine rings is 1. The van der Waals surface area contributed by atoms with Gasteiger partial charge in [-0.15, -0.1) is 0 Å². The predicted molar refractivity (Wildman–Crippen MR) is 129 cm³/mol. The zero-order valence-corrected chi connectivity index (χ0v) is 19.7. The highest BCUT2D eigenvalue weighted by Gasteiger charge is 2.34. The van der Waals surface area contributed by atoms with E-state index in [1.165, 1.54) is 12.2 Å². The number of nitrogens with zero attached hydrogens (tertiary/aromatic N) is 3. The van der Waals surface area contributed by atoms with Crippen LogP contribution in [0, 0.1) is 5.92 Å². The summed E-state index contributed by atoms with van der Waals surface area (Å²) in [6, 6.07) is 1.09. The number of carbonyl (C=O) groups excluding carboxylic acids is 1. The van der Waals surface area contributed by atoms with Crippen molar-refractivity contribution in [2.24, 2.45) is 5.92 Å². The van der Waals surface area contributed by atoms with E-state index >= 15 is 0 Å². The first-order valence-corrected chi connectivity index (χ1v) is 10.6. The van der Waals surface area contributed by atoms with Crippen LogP contribution in [0.3, 0.4) is 0 Å². The molecule has 2 N–H and O–H groups in total. The van der Waals surface area contributed by atoms with Gasteiger partial charge in [0, 0.05) is 28.3 Å². The van der Waals surface area contributed by atoms with E-state index < -0.39 is 18.1 Å². The minimum absolute atomic E-state index is 0.0699. The van der Waals surface area contributed by atoms with Gasteiger partial charge < -0.3 is 10.6 Å². The quantitative estimate of drug-likeness (QED) is 0.417. The molecule has 2 aromatic rings. The molecule has 34 heavy (non-hydrogen) atoms. The minimum atomic E-state index is -4.45. The molecule has 0 saturated carbocycles. The first kappa shape index (κ1) is 26.7. The molecule has 0 spiro atoms. The van der Waals surface area contributed by atoms with Crippen LogP contribution in [0.25, 0.3) is 16.7 Å². The van der Waals surface area contributed by atoms with Crippen molar-refractivity contribution in [1.29, 1.82) is 0 Å². The number of hydrogen-bond acceptors (Lipinski definition) is 3. The normalized spacial score (nSPS) is 14.7. The third-order valence-corrected chi connectivity index (χ3v) is 4.55. The fraction of sp³-hybridized carbons (Fsp3) is 0.208. The number of fused-ring (bicyclic) bond motifs is 1. The fourth-order valence-electron chi connectivity index (χ4n) is 2.72. The van der Waals surface area contributed by atoms with Gasteiger partial charge in [-0.25, -0.2) is 9.78 Å². The molecule has 0 bridgehead atoms. The average Bonchev–Trinajstić information content (AvgIpc) is 3.18. The van der Waals surface area contributed by atoms with Gasteiger partial charge in [-0.05, 0) is 56.4 Å². The van der Waals surface area contributed by atoms with Crippen molar-refractivity contribution in [1.82, 2.24) is 25.2 Å². The largest absolute Gasteiger partial charge is 0.394 e. The van der Waals surface area contributed by atoms with E-state index in [4.69, 9.17) is 11.6 Å². The molecule has 1 unspecified atom stereocenters. The van der Waals surface area contributed by atoms with Gasteiger partial charge >= 0.3 is 12.2 Å². The Morgan fingerprint density at radius 2 is 1.97 bits per heavy atom. The Balaban J connectivity index is 2.21. The summed E-state index contributed by atoms with van der Waals surface area (Å²) in [5, 5.41) is 5.08. The van der Waals surface area contributed by atoms with Crippen LogP contribution in [0.5, 0.6) is 0 Å². The van der Waals surface area contributed by atoms with E-state index in [9.17, 15) is 18.0 Å². The molecule has 6 nitrogen and oxygen atoms in total. The first-order valence-electron chi connectivity index (χ1n) is 10.2. The van der Waals surface area contributed by atoms with Gasteiger partial charge in [0.2, 0.25) is 0 Å². The van der Waals surface area contributed by atoms with Crippen molar-refractivity contribution in [3.05, 3.63) is 90.3 Å². The Bertz CT molecular complexity index is 1190. The maximum Gasteiger partial charge on any atom is 0.394 e. The Morgan fingerprint density at radius 3 is 2.62 bits per heavy atom. The van der Waals surface area contributed by atoms with Crippen LogP contribution in [0.4, 0.5) is 18.0 Å². The predicted octanol–water partition coefficient (Wildman–Crippen LogP) is 6.44. The molecule has 0 radical (unpaired) electrons. The van der Waals surface area contributed by atoms with Gasteiger partial charge in [-0.2, -0.15) is 13.2 Å². The van der Waals surface area contributed by atoms with E-state index in [1.807, 2.05) is 23.6 Å². The zero-order chi connectivity index (χ0) is 25.3. The van der Waals surface area contributed by atoms with Crippen LogP contribution in [0.1, 0.15) is 20.8 Å². The number of alkyl halides is 3. The van der Waals surface area contributed by atoms with E-state index in [-0.39, 0.29) is 10.7 Å². The van der Waals surface area contributed by atoms with Crippen molar-refractivity contribution in [3.63, 3.8) is 0 Å². The Kier molecular flexibility index (Phi) is 9.44. The summed E-state index contributed by atoms with van der Waals surface area (Å²) in [4.78, 5) is 20.8. The molecule has 10 heteroatoms. The van der Waals surface area contributed by atoms with Crippen LogP contribution in [0.15, 0.2) is 90.3 Å². The van der Waals surface area contributed by atoms with Gasteiger partial charge in [0.1, 0.15) is 6.33 Å². The lowest BCUT2D eigenvalue weighted by molar-refractivity contribution is -0.156. The highest BCUT2D eigenvalue weighted by Crippen LogP contribution is 2.27. The van der Waals surface area contributed by atoms with Crippen LogP contribution in [-0.4, -0.2) is 26.7 Å². The molecule has 0 fully saturated rings. The van der Waals surface area contributed by atoms with Crippen LogP contribution < -0.4 is 10.6 Å². The lowest BCUT2D eigenvalue weighted by atomic mass is 10.1. The topological polar surface area (TPSA) is 71.8 Å². The van der Waals surface area contributed by atoms with Gasteiger partial charge in [0.25, 0.3) is 0 Å². The van der Waals surface area contributed by atoms with Gasteiger partial charge in [0.15, 0.2) is 0 Å².